The minimum Gasteiger partial charge on any atom is -0.381 e. The van der Waals surface area contributed by atoms with E-state index in [9.17, 15) is 4.79 Å². The number of hydrogen-bond donors (Lipinski definition) is 2. The average Bonchev–Trinajstić information content (AvgIpc) is 3.36. The summed E-state index contributed by atoms with van der Waals surface area (Å²) < 4.78 is 5.37. The smallest absolute Gasteiger partial charge is 0.223 e. The number of rotatable bonds is 6. The van der Waals surface area contributed by atoms with Crippen molar-refractivity contribution in [2.24, 2.45) is 5.92 Å². The molecular formula is C25H30N6O2S. The fourth-order valence-electron chi connectivity index (χ4n) is 4.40. The standard InChI is InChI=1S/C25H30N6O2S/c1-17-5-10-26-23(15-17)30-22-4-2-3-20(29-22)21-16-27-25(34-21)31-11-6-19(7-12-31)28-24(32)18-8-13-33-14-9-18/h2-5,10,15-16,18-19H,6-9,11-14H2,1H3,(H,28,32)(H,26,29,30). The van der Waals surface area contributed by atoms with Crippen LogP contribution in [0.3, 0.4) is 0 Å². The van der Waals surface area contributed by atoms with Crippen molar-refractivity contribution in [1.82, 2.24) is 20.3 Å². The van der Waals surface area contributed by atoms with Crippen molar-refractivity contribution in [2.75, 3.05) is 36.5 Å². The molecule has 2 aliphatic rings. The molecule has 1 amide bonds. The van der Waals surface area contributed by atoms with Crippen LogP contribution < -0.4 is 15.5 Å². The summed E-state index contributed by atoms with van der Waals surface area (Å²) in [7, 11) is 0. The van der Waals surface area contributed by atoms with Crippen molar-refractivity contribution in [3.05, 3.63) is 48.3 Å². The molecule has 5 heterocycles. The Morgan fingerprint density at radius 2 is 1.91 bits per heavy atom. The SMILES string of the molecule is Cc1ccnc(Nc2cccc(-c3cnc(N4CCC(NC(=O)C5CCOCC5)CC4)s3)n2)c1. The number of thiazole rings is 1. The number of ether oxygens (including phenoxy) is 1. The number of nitrogens with zero attached hydrogens (tertiary/aromatic N) is 4. The zero-order chi connectivity index (χ0) is 23.3. The Hall–Kier alpha value is -3.04. The van der Waals surface area contributed by atoms with Gasteiger partial charge in [-0.1, -0.05) is 17.4 Å². The number of anilines is 3. The molecule has 2 aliphatic heterocycles. The lowest BCUT2D eigenvalue weighted by Crippen LogP contribution is -2.47. The number of nitrogens with one attached hydrogen (secondary N) is 2. The van der Waals surface area contributed by atoms with E-state index in [1.165, 1.54) is 0 Å². The first kappa shape index (κ1) is 22.7. The van der Waals surface area contributed by atoms with Gasteiger partial charge < -0.3 is 20.3 Å². The molecule has 178 valence electrons. The maximum Gasteiger partial charge on any atom is 0.223 e. The van der Waals surface area contributed by atoms with Crippen LogP contribution in [0.25, 0.3) is 10.6 Å². The van der Waals surface area contributed by atoms with Crippen molar-refractivity contribution >= 4 is 34.0 Å². The highest BCUT2D eigenvalue weighted by Gasteiger charge is 2.27. The number of aromatic nitrogens is 3. The molecule has 5 rings (SSSR count). The highest BCUT2D eigenvalue weighted by molar-refractivity contribution is 7.18. The molecule has 0 bridgehead atoms. The van der Waals surface area contributed by atoms with Crippen LogP contribution in [0, 0.1) is 12.8 Å². The molecule has 0 spiro atoms. The first-order valence-electron chi connectivity index (χ1n) is 11.9. The van der Waals surface area contributed by atoms with Gasteiger partial charge >= 0.3 is 0 Å². The fourth-order valence-corrected chi connectivity index (χ4v) is 5.34. The van der Waals surface area contributed by atoms with Gasteiger partial charge in [0, 0.05) is 50.7 Å². The van der Waals surface area contributed by atoms with Crippen LogP contribution in [-0.4, -0.2) is 53.2 Å². The van der Waals surface area contributed by atoms with Crippen LogP contribution in [-0.2, 0) is 9.53 Å². The number of hydrogen-bond acceptors (Lipinski definition) is 8. The number of carbonyl (C=O) groups is 1. The zero-order valence-electron chi connectivity index (χ0n) is 19.4. The van der Waals surface area contributed by atoms with Gasteiger partial charge in [-0.3, -0.25) is 4.79 Å². The molecule has 34 heavy (non-hydrogen) atoms. The van der Waals surface area contributed by atoms with Crippen molar-refractivity contribution in [3.63, 3.8) is 0 Å². The number of aryl methyl sites for hydroxylation is 1. The number of amides is 1. The van der Waals surface area contributed by atoms with Gasteiger partial charge in [0.15, 0.2) is 5.13 Å². The summed E-state index contributed by atoms with van der Waals surface area (Å²) in [5.41, 5.74) is 2.03. The van der Waals surface area contributed by atoms with Gasteiger partial charge in [0.05, 0.1) is 10.6 Å². The second-order valence-corrected chi connectivity index (χ2v) is 9.92. The Morgan fingerprint density at radius 1 is 1.09 bits per heavy atom. The predicted molar refractivity (Wildman–Crippen MR) is 135 cm³/mol. The third-order valence-corrected chi connectivity index (χ3v) is 7.45. The van der Waals surface area contributed by atoms with E-state index in [0.717, 1.165) is 71.7 Å². The highest BCUT2D eigenvalue weighted by Crippen LogP contribution is 2.32. The lowest BCUT2D eigenvalue weighted by atomic mass is 9.97. The van der Waals surface area contributed by atoms with Gasteiger partial charge in [0.1, 0.15) is 11.6 Å². The Morgan fingerprint density at radius 3 is 2.71 bits per heavy atom. The molecule has 2 saturated heterocycles. The quantitative estimate of drug-likeness (QED) is 0.549. The Labute approximate surface area is 203 Å². The summed E-state index contributed by atoms with van der Waals surface area (Å²) in [6.07, 6.45) is 7.22. The molecule has 3 aromatic heterocycles. The number of piperidine rings is 1. The second-order valence-electron chi connectivity index (χ2n) is 8.92. The molecule has 2 fully saturated rings. The van der Waals surface area contributed by atoms with E-state index in [4.69, 9.17) is 9.72 Å². The monoisotopic (exact) mass is 478 g/mol. The summed E-state index contributed by atoms with van der Waals surface area (Å²) in [6.45, 7) is 5.21. The molecule has 0 atom stereocenters. The summed E-state index contributed by atoms with van der Waals surface area (Å²) in [5, 5.41) is 7.54. The molecule has 0 unspecified atom stereocenters. The maximum absolute atomic E-state index is 12.5. The van der Waals surface area contributed by atoms with E-state index in [1.54, 1.807) is 17.5 Å². The van der Waals surface area contributed by atoms with E-state index in [0.29, 0.717) is 13.2 Å². The first-order valence-corrected chi connectivity index (χ1v) is 12.7. The fraction of sp³-hybridized carbons (Fsp3) is 0.440. The van der Waals surface area contributed by atoms with E-state index in [1.807, 2.05) is 43.5 Å². The lowest BCUT2D eigenvalue weighted by Gasteiger charge is -2.33. The minimum atomic E-state index is 0.104. The average molecular weight is 479 g/mol. The lowest BCUT2D eigenvalue weighted by molar-refractivity contribution is -0.128. The van der Waals surface area contributed by atoms with Crippen molar-refractivity contribution in [2.45, 2.75) is 38.6 Å². The van der Waals surface area contributed by atoms with Gasteiger partial charge in [0.25, 0.3) is 0 Å². The van der Waals surface area contributed by atoms with Crippen LogP contribution in [0.5, 0.6) is 0 Å². The highest BCUT2D eigenvalue weighted by atomic mass is 32.1. The maximum atomic E-state index is 12.5. The molecular weight excluding hydrogens is 448 g/mol. The Kier molecular flexibility index (Phi) is 7.01. The topological polar surface area (TPSA) is 92.3 Å². The molecule has 2 N–H and O–H groups in total. The van der Waals surface area contributed by atoms with Gasteiger partial charge in [-0.2, -0.15) is 0 Å². The van der Waals surface area contributed by atoms with E-state index < -0.39 is 0 Å². The predicted octanol–water partition coefficient (Wildman–Crippen LogP) is 4.16. The third kappa shape index (κ3) is 5.53. The van der Waals surface area contributed by atoms with Crippen molar-refractivity contribution in [3.8, 4) is 10.6 Å². The van der Waals surface area contributed by atoms with Crippen LogP contribution >= 0.6 is 11.3 Å². The largest absolute Gasteiger partial charge is 0.381 e. The minimum absolute atomic E-state index is 0.104. The van der Waals surface area contributed by atoms with Gasteiger partial charge in [-0.05, 0) is 62.4 Å². The summed E-state index contributed by atoms with van der Waals surface area (Å²) in [5.74, 6) is 1.83. The van der Waals surface area contributed by atoms with E-state index >= 15 is 0 Å². The van der Waals surface area contributed by atoms with Gasteiger partial charge in [0.2, 0.25) is 5.91 Å². The van der Waals surface area contributed by atoms with E-state index in [-0.39, 0.29) is 17.9 Å². The molecule has 3 aromatic rings. The van der Waals surface area contributed by atoms with Crippen LogP contribution in [0.2, 0.25) is 0 Å². The molecule has 0 aliphatic carbocycles. The zero-order valence-corrected chi connectivity index (χ0v) is 20.2. The van der Waals surface area contributed by atoms with Gasteiger partial charge in [-0.25, -0.2) is 15.0 Å². The molecule has 8 nitrogen and oxygen atoms in total. The third-order valence-electron chi connectivity index (χ3n) is 6.37. The normalized spacial score (nSPS) is 17.5. The van der Waals surface area contributed by atoms with Crippen LogP contribution in [0.15, 0.2) is 42.7 Å². The second kappa shape index (κ2) is 10.5. The number of carbonyl (C=O) groups excluding carboxylic acids is 1. The Bertz CT molecular complexity index is 1120. The van der Waals surface area contributed by atoms with Crippen molar-refractivity contribution in [1.29, 1.82) is 0 Å². The number of pyridine rings is 2. The van der Waals surface area contributed by atoms with Gasteiger partial charge in [-0.15, -0.1) is 0 Å². The Balaban J connectivity index is 1.17. The summed E-state index contributed by atoms with van der Waals surface area (Å²) in [6, 6.07) is 10.1. The molecule has 9 heteroatoms. The van der Waals surface area contributed by atoms with Crippen LogP contribution in [0.4, 0.5) is 16.8 Å². The molecule has 0 saturated carbocycles. The molecule has 0 radical (unpaired) electrons. The van der Waals surface area contributed by atoms with Crippen LogP contribution in [0.1, 0.15) is 31.2 Å². The molecule has 0 aromatic carbocycles. The summed E-state index contributed by atoms with van der Waals surface area (Å²) >= 11 is 1.66. The van der Waals surface area contributed by atoms with E-state index in [2.05, 4.69) is 25.5 Å². The van der Waals surface area contributed by atoms with Crippen molar-refractivity contribution < 1.29 is 9.53 Å². The first-order chi connectivity index (χ1) is 16.6. The summed E-state index contributed by atoms with van der Waals surface area (Å²) in [4.78, 5) is 29.7.